The maximum atomic E-state index is 13.0. The number of carboxylic acids is 1. The van der Waals surface area contributed by atoms with Crippen molar-refractivity contribution in [2.24, 2.45) is 0 Å². The van der Waals surface area contributed by atoms with Gasteiger partial charge in [-0.15, -0.1) is 11.3 Å². The lowest BCUT2D eigenvalue weighted by atomic mass is 10.0. The summed E-state index contributed by atoms with van der Waals surface area (Å²) in [6.45, 7) is 6.65. The number of ether oxygens (including phenoxy) is 3. The highest BCUT2D eigenvalue weighted by molar-refractivity contribution is 7.13. The van der Waals surface area contributed by atoms with Crippen LogP contribution in [0.3, 0.4) is 0 Å². The number of amides is 1. The molecule has 0 radical (unpaired) electrons. The molecule has 1 aliphatic rings. The van der Waals surface area contributed by atoms with Gasteiger partial charge in [0.25, 0.3) is 0 Å². The van der Waals surface area contributed by atoms with Crippen LogP contribution in [-0.2, 0) is 39.9 Å². The van der Waals surface area contributed by atoms with E-state index >= 15 is 0 Å². The van der Waals surface area contributed by atoms with Crippen molar-refractivity contribution in [1.29, 1.82) is 0 Å². The lowest BCUT2D eigenvalue weighted by Crippen LogP contribution is -2.53. The normalized spacial score (nSPS) is 16.7. The van der Waals surface area contributed by atoms with Crippen molar-refractivity contribution in [3.8, 4) is 0 Å². The van der Waals surface area contributed by atoms with Gasteiger partial charge in [-0.05, 0) is 52.3 Å². The lowest BCUT2D eigenvalue weighted by molar-refractivity contribution is -0.192. The van der Waals surface area contributed by atoms with Crippen molar-refractivity contribution >= 4 is 41.1 Å². The van der Waals surface area contributed by atoms with Gasteiger partial charge in [-0.1, -0.05) is 6.42 Å². The minimum Gasteiger partial charge on any atom is -0.475 e. The number of thiophene rings is 1. The third-order valence-corrected chi connectivity index (χ3v) is 6.23. The zero-order valence-corrected chi connectivity index (χ0v) is 23.1. The molecule has 11 nitrogen and oxygen atoms in total. The van der Waals surface area contributed by atoms with E-state index < -0.39 is 41.8 Å². The molecule has 1 fully saturated rings. The van der Waals surface area contributed by atoms with E-state index in [0.717, 1.165) is 17.7 Å². The van der Waals surface area contributed by atoms with Gasteiger partial charge in [-0.25, -0.2) is 14.4 Å². The molecule has 39 heavy (non-hydrogen) atoms. The molecule has 0 aromatic carbocycles. The van der Waals surface area contributed by atoms with Gasteiger partial charge < -0.3 is 24.6 Å². The Bertz CT molecular complexity index is 1020. The van der Waals surface area contributed by atoms with E-state index in [1.165, 1.54) is 25.6 Å². The summed E-state index contributed by atoms with van der Waals surface area (Å²) in [5.74, 6) is -4.79. The molecule has 1 saturated heterocycles. The summed E-state index contributed by atoms with van der Waals surface area (Å²) in [4.78, 5) is 61.3. The van der Waals surface area contributed by atoms with Crippen LogP contribution in [0.2, 0.25) is 0 Å². The molecule has 0 spiro atoms. The largest absolute Gasteiger partial charge is 0.490 e. The van der Waals surface area contributed by atoms with E-state index in [1.54, 1.807) is 6.07 Å². The van der Waals surface area contributed by atoms with Crippen LogP contribution in [0.4, 0.5) is 13.2 Å². The van der Waals surface area contributed by atoms with Crippen molar-refractivity contribution < 1.29 is 56.5 Å². The van der Waals surface area contributed by atoms with E-state index in [0.29, 0.717) is 24.4 Å². The Hall–Kier alpha value is -3.20. The first-order chi connectivity index (χ1) is 18.0. The molecule has 1 aromatic rings. The highest BCUT2D eigenvalue weighted by atomic mass is 32.1. The molecule has 1 aliphatic heterocycles. The van der Waals surface area contributed by atoms with Gasteiger partial charge in [0, 0.05) is 11.4 Å². The maximum Gasteiger partial charge on any atom is 0.490 e. The fourth-order valence-corrected chi connectivity index (χ4v) is 4.34. The van der Waals surface area contributed by atoms with Crippen LogP contribution in [0.5, 0.6) is 0 Å². The second kappa shape index (κ2) is 14.8. The van der Waals surface area contributed by atoms with E-state index in [1.807, 2.05) is 31.7 Å². The summed E-state index contributed by atoms with van der Waals surface area (Å²) >= 11 is 1.34. The number of nitrogens with zero attached hydrogens (tertiary/aromatic N) is 1. The van der Waals surface area contributed by atoms with Crippen LogP contribution in [0.1, 0.15) is 61.0 Å². The average molecular weight is 583 g/mol. The van der Waals surface area contributed by atoms with Gasteiger partial charge in [0.1, 0.15) is 16.5 Å². The predicted molar refractivity (Wildman–Crippen MR) is 132 cm³/mol. The van der Waals surface area contributed by atoms with E-state index in [9.17, 15) is 32.3 Å². The number of piperidine rings is 1. The molecule has 220 valence electrons. The second-order valence-corrected chi connectivity index (χ2v) is 10.6. The van der Waals surface area contributed by atoms with Crippen molar-refractivity contribution in [2.75, 3.05) is 20.8 Å². The SMILES string of the molecule is COC(=O)C[C@H](NC(=O)C1CCCCN1Cc1ccc(C(=O)OC(C)(C)C)s1)C(=O)OC.O=C(O)C(F)(F)F. The molecule has 2 N–H and O–H groups in total. The first-order valence-corrected chi connectivity index (χ1v) is 12.6. The molecule has 2 heterocycles. The summed E-state index contributed by atoms with van der Waals surface area (Å²) in [5.41, 5.74) is -0.572. The number of alkyl halides is 3. The summed E-state index contributed by atoms with van der Waals surface area (Å²) in [6, 6.07) is 2.03. The number of nitrogens with one attached hydrogen (secondary N) is 1. The second-order valence-electron chi connectivity index (χ2n) is 9.42. The number of likely N-dealkylation sites (tertiary alicyclic amines) is 1. The lowest BCUT2D eigenvalue weighted by Gasteiger charge is -2.35. The fourth-order valence-electron chi connectivity index (χ4n) is 3.43. The van der Waals surface area contributed by atoms with Crippen molar-refractivity contribution in [1.82, 2.24) is 10.2 Å². The average Bonchev–Trinajstić information content (AvgIpc) is 3.30. The molecule has 1 aromatic heterocycles. The summed E-state index contributed by atoms with van der Waals surface area (Å²) in [6.07, 6.45) is -2.94. The Labute approximate surface area is 227 Å². The number of carbonyl (C=O) groups excluding carboxylic acids is 4. The number of rotatable bonds is 8. The molecule has 1 amide bonds. The molecule has 2 rings (SSSR count). The first-order valence-electron chi connectivity index (χ1n) is 11.8. The molecular weight excluding hydrogens is 549 g/mol. The van der Waals surface area contributed by atoms with Crippen LogP contribution in [-0.4, -0.2) is 84.4 Å². The number of carboxylic acid groups (broad SMARTS) is 1. The minimum atomic E-state index is -5.08. The van der Waals surface area contributed by atoms with Gasteiger partial charge >= 0.3 is 30.1 Å². The minimum absolute atomic E-state index is 0.300. The van der Waals surface area contributed by atoms with Crippen LogP contribution in [0.25, 0.3) is 0 Å². The number of carbonyl (C=O) groups is 5. The van der Waals surface area contributed by atoms with Crippen LogP contribution in [0.15, 0.2) is 12.1 Å². The third kappa shape index (κ3) is 12.0. The molecule has 0 bridgehead atoms. The fraction of sp³-hybridized carbons (Fsp3) is 0.625. The summed E-state index contributed by atoms with van der Waals surface area (Å²) in [7, 11) is 2.42. The third-order valence-electron chi connectivity index (χ3n) is 5.18. The quantitative estimate of drug-likeness (QED) is 0.346. The number of methoxy groups -OCH3 is 2. The van der Waals surface area contributed by atoms with Gasteiger partial charge in [0.15, 0.2) is 0 Å². The Balaban J connectivity index is 0.000000956. The monoisotopic (exact) mass is 582 g/mol. The number of aliphatic carboxylic acids is 1. The van der Waals surface area contributed by atoms with E-state index in [4.69, 9.17) is 19.4 Å². The zero-order valence-electron chi connectivity index (χ0n) is 22.3. The first kappa shape index (κ1) is 33.8. The highest BCUT2D eigenvalue weighted by Gasteiger charge is 2.38. The number of esters is 3. The number of hydrogen-bond donors (Lipinski definition) is 2. The number of hydrogen-bond acceptors (Lipinski definition) is 10. The maximum absolute atomic E-state index is 13.0. The molecule has 2 atom stereocenters. The van der Waals surface area contributed by atoms with Crippen LogP contribution < -0.4 is 5.32 Å². The smallest absolute Gasteiger partial charge is 0.475 e. The standard InChI is InChI=1S/C22H32N2O7S.C2HF3O2/c1-22(2,3)31-21(28)17-10-9-14(32-17)13-24-11-7-6-8-16(24)19(26)23-15(20(27)30-5)12-18(25)29-4;3-2(4,5)1(6)7/h9-10,15-16H,6-8,11-13H2,1-5H3,(H,23,26);(H,6,7)/t15-,16?;/m0./s1. The summed E-state index contributed by atoms with van der Waals surface area (Å²) < 4.78 is 46.5. The highest BCUT2D eigenvalue weighted by Crippen LogP contribution is 2.25. The zero-order chi connectivity index (χ0) is 30.0. The molecule has 15 heteroatoms. The van der Waals surface area contributed by atoms with Gasteiger partial charge in [0.2, 0.25) is 5.91 Å². The van der Waals surface area contributed by atoms with Crippen molar-refractivity contribution in [3.05, 3.63) is 21.9 Å². The number of halogens is 3. The summed E-state index contributed by atoms with van der Waals surface area (Å²) in [5, 5.41) is 9.77. The van der Waals surface area contributed by atoms with Crippen LogP contribution in [0, 0.1) is 0 Å². The van der Waals surface area contributed by atoms with Crippen molar-refractivity contribution in [2.45, 2.75) is 76.9 Å². The molecule has 0 saturated carbocycles. The topological polar surface area (TPSA) is 149 Å². The molecule has 0 aliphatic carbocycles. The van der Waals surface area contributed by atoms with Crippen molar-refractivity contribution in [3.63, 3.8) is 0 Å². The van der Waals surface area contributed by atoms with E-state index in [-0.39, 0.29) is 18.3 Å². The predicted octanol–water partition coefficient (Wildman–Crippen LogP) is 2.91. The van der Waals surface area contributed by atoms with Gasteiger partial charge in [0.05, 0.1) is 26.7 Å². The van der Waals surface area contributed by atoms with E-state index in [2.05, 4.69) is 10.1 Å². The van der Waals surface area contributed by atoms with Crippen LogP contribution >= 0.6 is 11.3 Å². The Kier molecular flexibility index (Phi) is 12.9. The molecule has 1 unspecified atom stereocenters. The Morgan fingerprint density at radius 1 is 1.10 bits per heavy atom. The Morgan fingerprint density at radius 3 is 2.23 bits per heavy atom. The van der Waals surface area contributed by atoms with Gasteiger partial charge in [-0.3, -0.25) is 14.5 Å². The van der Waals surface area contributed by atoms with Gasteiger partial charge in [-0.2, -0.15) is 13.2 Å². The Morgan fingerprint density at radius 2 is 1.72 bits per heavy atom. The molecular formula is C24H33F3N2O9S.